The van der Waals surface area contributed by atoms with E-state index in [1.54, 1.807) is 18.5 Å². The van der Waals surface area contributed by atoms with Gasteiger partial charge in [0.15, 0.2) is 5.54 Å². The molecule has 2 heterocycles. The van der Waals surface area contributed by atoms with E-state index in [1.165, 1.54) is 4.68 Å². The Kier molecular flexibility index (Phi) is 1.41. The maximum absolute atomic E-state index is 10.9. The fraction of sp³-hybridized carbons (Fsp3) is 0.429. The van der Waals surface area contributed by atoms with E-state index in [4.69, 9.17) is 5.11 Å². The average molecular weight is 167 g/mol. The summed E-state index contributed by atoms with van der Waals surface area (Å²) in [5.41, 5.74) is -0.844. The van der Waals surface area contributed by atoms with Crippen LogP contribution in [0.5, 0.6) is 0 Å². The van der Waals surface area contributed by atoms with Crippen LogP contribution in [0.25, 0.3) is 0 Å². The van der Waals surface area contributed by atoms with Crippen molar-refractivity contribution in [3.05, 3.63) is 18.5 Å². The predicted octanol–water partition coefficient (Wildman–Crippen LogP) is -0.734. The number of carbonyl (C=O) groups is 1. The van der Waals surface area contributed by atoms with Crippen molar-refractivity contribution in [2.24, 2.45) is 0 Å². The van der Waals surface area contributed by atoms with Gasteiger partial charge in [0.1, 0.15) is 0 Å². The normalized spacial score (nSPS) is 20.0. The standard InChI is InChI=1S/C7H9N3O2/c11-6(12)7(4-8-5-7)10-3-1-2-9-10/h1-3,8H,4-5H2,(H,11,12). The van der Waals surface area contributed by atoms with Gasteiger partial charge in [-0.15, -0.1) is 0 Å². The van der Waals surface area contributed by atoms with Crippen molar-refractivity contribution in [2.45, 2.75) is 5.54 Å². The van der Waals surface area contributed by atoms with E-state index in [0.717, 1.165) is 0 Å². The average Bonchev–Trinajstić information content (AvgIpc) is 2.35. The van der Waals surface area contributed by atoms with Gasteiger partial charge in [0, 0.05) is 25.5 Å². The molecule has 2 rings (SSSR count). The molecule has 1 aromatic rings. The zero-order chi connectivity index (χ0) is 8.60. The van der Waals surface area contributed by atoms with Gasteiger partial charge in [0.05, 0.1) is 0 Å². The Hall–Kier alpha value is -1.36. The summed E-state index contributed by atoms with van der Waals surface area (Å²) in [4.78, 5) is 10.9. The zero-order valence-electron chi connectivity index (χ0n) is 6.40. The summed E-state index contributed by atoms with van der Waals surface area (Å²) in [7, 11) is 0. The number of carboxylic acid groups (broad SMARTS) is 1. The first-order chi connectivity index (χ1) is 5.76. The van der Waals surface area contributed by atoms with Gasteiger partial charge in [-0.25, -0.2) is 4.79 Å². The minimum atomic E-state index is -0.844. The number of nitrogens with zero attached hydrogens (tertiary/aromatic N) is 2. The first-order valence-electron chi connectivity index (χ1n) is 3.70. The quantitative estimate of drug-likeness (QED) is 0.609. The third kappa shape index (κ3) is 0.767. The van der Waals surface area contributed by atoms with Gasteiger partial charge in [-0.3, -0.25) is 4.68 Å². The van der Waals surface area contributed by atoms with Crippen LogP contribution in [0, 0.1) is 0 Å². The minimum Gasteiger partial charge on any atom is -0.479 e. The van der Waals surface area contributed by atoms with Crippen LogP contribution in [-0.4, -0.2) is 33.9 Å². The lowest BCUT2D eigenvalue weighted by Crippen LogP contribution is -2.65. The number of aromatic nitrogens is 2. The molecule has 5 nitrogen and oxygen atoms in total. The summed E-state index contributed by atoms with van der Waals surface area (Å²) in [5.74, 6) is -0.829. The first-order valence-corrected chi connectivity index (χ1v) is 3.70. The van der Waals surface area contributed by atoms with Crippen LogP contribution < -0.4 is 5.32 Å². The van der Waals surface area contributed by atoms with Crippen LogP contribution >= 0.6 is 0 Å². The van der Waals surface area contributed by atoms with E-state index in [-0.39, 0.29) is 0 Å². The molecule has 64 valence electrons. The number of rotatable bonds is 2. The van der Waals surface area contributed by atoms with Crippen molar-refractivity contribution >= 4 is 5.97 Å². The smallest absolute Gasteiger partial charge is 0.334 e. The summed E-state index contributed by atoms with van der Waals surface area (Å²) in [5, 5.41) is 15.8. The second-order valence-corrected chi connectivity index (χ2v) is 2.89. The number of carboxylic acids is 1. The lowest BCUT2D eigenvalue weighted by Gasteiger charge is -2.38. The van der Waals surface area contributed by atoms with Crippen LogP contribution in [0.3, 0.4) is 0 Å². The molecule has 0 radical (unpaired) electrons. The van der Waals surface area contributed by atoms with Crippen LogP contribution in [0.2, 0.25) is 0 Å². The highest BCUT2D eigenvalue weighted by molar-refractivity contribution is 5.78. The van der Waals surface area contributed by atoms with Crippen LogP contribution in [0.4, 0.5) is 0 Å². The maximum Gasteiger partial charge on any atom is 0.334 e. The Morgan fingerprint density at radius 1 is 1.67 bits per heavy atom. The molecule has 0 amide bonds. The van der Waals surface area contributed by atoms with Crippen molar-refractivity contribution in [2.75, 3.05) is 13.1 Å². The van der Waals surface area contributed by atoms with Crippen molar-refractivity contribution in [3.63, 3.8) is 0 Å². The highest BCUT2D eigenvalue weighted by Crippen LogP contribution is 2.20. The number of nitrogens with one attached hydrogen (secondary N) is 1. The van der Waals surface area contributed by atoms with Crippen molar-refractivity contribution in [3.8, 4) is 0 Å². The number of hydrogen-bond acceptors (Lipinski definition) is 3. The van der Waals surface area contributed by atoms with E-state index in [9.17, 15) is 4.79 Å². The summed E-state index contributed by atoms with van der Waals surface area (Å²) in [6, 6.07) is 1.73. The van der Waals surface area contributed by atoms with Gasteiger partial charge in [-0.2, -0.15) is 5.10 Å². The molecule has 12 heavy (non-hydrogen) atoms. The second kappa shape index (κ2) is 2.31. The molecule has 1 aromatic heterocycles. The van der Waals surface area contributed by atoms with Gasteiger partial charge in [-0.05, 0) is 6.07 Å². The Labute approximate surface area is 69.0 Å². The molecule has 0 aromatic carbocycles. The van der Waals surface area contributed by atoms with E-state index in [2.05, 4.69) is 10.4 Å². The molecular formula is C7H9N3O2. The number of hydrogen-bond donors (Lipinski definition) is 2. The molecule has 0 bridgehead atoms. The van der Waals surface area contributed by atoms with Gasteiger partial charge in [-0.1, -0.05) is 0 Å². The van der Waals surface area contributed by atoms with Gasteiger partial charge < -0.3 is 10.4 Å². The molecule has 2 N–H and O–H groups in total. The van der Waals surface area contributed by atoms with Crippen LogP contribution in [0.1, 0.15) is 0 Å². The Morgan fingerprint density at radius 3 is 2.75 bits per heavy atom. The fourth-order valence-corrected chi connectivity index (χ4v) is 1.30. The molecule has 0 aliphatic carbocycles. The summed E-state index contributed by atoms with van der Waals surface area (Å²) in [6.45, 7) is 0.897. The fourth-order valence-electron chi connectivity index (χ4n) is 1.30. The molecule has 1 saturated heterocycles. The minimum absolute atomic E-state index is 0.448. The SMILES string of the molecule is O=C(O)C1(n2cccn2)CNC1. The molecule has 1 aliphatic heterocycles. The van der Waals surface area contributed by atoms with E-state index >= 15 is 0 Å². The topological polar surface area (TPSA) is 67.1 Å². The monoisotopic (exact) mass is 167 g/mol. The predicted molar refractivity (Wildman–Crippen MR) is 40.7 cm³/mol. The van der Waals surface area contributed by atoms with Gasteiger partial charge >= 0.3 is 5.97 Å². The molecular weight excluding hydrogens is 158 g/mol. The third-order valence-corrected chi connectivity index (χ3v) is 2.18. The van der Waals surface area contributed by atoms with Crippen molar-refractivity contribution in [1.29, 1.82) is 0 Å². The Morgan fingerprint density at radius 2 is 2.42 bits per heavy atom. The van der Waals surface area contributed by atoms with E-state index in [1.807, 2.05) is 0 Å². The molecule has 5 heteroatoms. The van der Waals surface area contributed by atoms with E-state index < -0.39 is 11.5 Å². The summed E-state index contributed by atoms with van der Waals surface area (Å²) < 4.78 is 1.49. The first kappa shape index (κ1) is 7.30. The highest BCUT2D eigenvalue weighted by Gasteiger charge is 2.46. The second-order valence-electron chi connectivity index (χ2n) is 2.89. The van der Waals surface area contributed by atoms with Gasteiger partial charge in [0.25, 0.3) is 0 Å². The van der Waals surface area contributed by atoms with Gasteiger partial charge in [0.2, 0.25) is 0 Å². The summed E-state index contributed by atoms with van der Waals surface area (Å²) in [6.07, 6.45) is 3.26. The van der Waals surface area contributed by atoms with Crippen LogP contribution in [0.15, 0.2) is 18.5 Å². The molecule has 0 spiro atoms. The van der Waals surface area contributed by atoms with E-state index in [0.29, 0.717) is 13.1 Å². The molecule has 1 aliphatic rings. The third-order valence-electron chi connectivity index (χ3n) is 2.18. The lowest BCUT2D eigenvalue weighted by molar-refractivity contribution is -0.151. The highest BCUT2D eigenvalue weighted by atomic mass is 16.4. The molecule has 1 fully saturated rings. The molecule has 0 atom stereocenters. The van der Waals surface area contributed by atoms with Crippen molar-refractivity contribution in [1.82, 2.24) is 15.1 Å². The Bertz CT molecular complexity index is 290. The largest absolute Gasteiger partial charge is 0.479 e. The molecule has 0 unspecified atom stereocenters. The molecule has 0 saturated carbocycles. The zero-order valence-corrected chi connectivity index (χ0v) is 6.40. The maximum atomic E-state index is 10.9. The Balaban J connectivity index is 2.35. The van der Waals surface area contributed by atoms with Crippen LogP contribution in [-0.2, 0) is 10.3 Å². The number of aliphatic carboxylic acids is 1. The lowest BCUT2D eigenvalue weighted by atomic mass is 9.93. The van der Waals surface area contributed by atoms with Crippen molar-refractivity contribution < 1.29 is 9.90 Å². The summed E-state index contributed by atoms with van der Waals surface area (Å²) >= 11 is 0.